The molecule has 0 heterocycles. The van der Waals surface area contributed by atoms with Gasteiger partial charge in [0.2, 0.25) is 5.75 Å². The normalized spacial score (nSPS) is 28.4. The van der Waals surface area contributed by atoms with Crippen molar-refractivity contribution in [1.82, 2.24) is 0 Å². The van der Waals surface area contributed by atoms with Gasteiger partial charge in [0, 0.05) is 0 Å². The van der Waals surface area contributed by atoms with Crippen molar-refractivity contribution in [3.8, 4) is 5.75 Å². The minimum absolute atomic E-state index is 0.0163. The standard InChI is InChI=1S/C22H27F5O/c1-2-3-4-5-14-6-7-16-11-17(9-8-15(16)10-14)18-12-19(23)21(20(24)13-18)28-22(25,26)27/h4-5,12-17H,2-3,6-11H2,1H3. The van der Waals surface area contributed by atoms with Gasteiger partial charge < -0.3 is 4.74 Å². The fourth-order valence-corrected chi connectivity index (χ4v) is 4.89. The van der Waals surface area contributed by atoms with Crippen LogP contribution in [0.4, 0.5) is 22.0 Å². The van der Waals surface area contributed by atoms with E-state index in [1.807, 2.05) is 0 Å². The summed E-state index contributed by atoms with van der Waals surface area (Å²) in [6.07, 6.45) is 7.80. The third-order valence-corrected chi connectivity index (χ3v) is 6.23. The van der Waals surface area contributed by atoms with Gasteiger partial charge in [0.25, 0.3) is 0 Å². The first-order valence-electron chi connectivity index (χ1n) is 10.2. The summed E-state index contributed by atoms with van der Waals surface area (Å²) in [7, 11) is 0. The largest absolute Gasteiger partial charge is 0.573 e. The molecule has 2 aliphatic carbocycles. The van der Waals surface area contributed by atoms with Crippen molar-refractivity contribution in [3.05, 3.63) is 41.5 Å². The summed E-state index contributed by atoms with van der Waals surface area (Å²) >= 11 is 0. The molecule has 0 N–H and O–H groups in total. The zero-order chi connectivity index (χ0) is 20.3. The number of rotatable bonds is 5. The number of ether oxygens (including phenoxy) is 1. The maximum absolute atomic E-state index is 14.1. The lowest BCUT2D eigenvalue weighted by atomic mass is 9.64. The number of fused-ring (bicyclic) bond motifs is 1. The van der Waals surface area contributed by atoms with Crippen LogP contribution in [-0.2, 0) is 0 Å². The van der Waals surface area contributed by atoms with E-state index in [2.05, 4.69) is 23.8 Å². The van der Waals surface area contributed by atoms with Crippen LogP contribution in [0, 0.1) is 29.4 Å². The summed E-state index contributed by atoms with van der Waals surface area (Å²) in [5, 5.41) is 0. The van der Waals surface area contributed by atoms with E-state index < -0.39 is 23.7 Å². The Balaban J connectivity index is 1.65. The van der Waals surface area contributed by atoms with E-state index in [1.165, 1.54) is 6.42 Å². The van der Waals surface area contributed by atoms with Crippen LogP contribution < -0.4 is 4.74 Å². The Labute approximate surface area is 163 Å². The number of unbranched alkanes of at least 4 members (excludes halogenated alkanes) is 1. The number of benzene rings is 1. The van der Waals surface area contributed by atoms with Gasteiger partial charge in [0.05, 0.1) is 0 Å². The number of hydrogen-bond acceptors (Lipinski definition) is 1. The van der Waals surface area contributed by atoms with E-state index in [-0.39, 0.29) is 5.92 Å². The average Bonchev–Trinajstić information content (AvgIpc) is 2.63. The molecular formula is C22H27F5O. The molecule has 0 aliphatic heterocycles. The first kappa shape index (κ1) is 21.1. The lowest BCUT2D eigenvalue weighted by Gasteiger charge is -2.42. The van der Waals surface area contributed by atoms with Crippen LogP contribution in [0.25, 0.3) is 0 Å². The van der Waals surface area contributed by atoms with E-state index in [9.17, 15) is 22.0 Å². The predicted molar refractivity (Wildman–Crippen MR) is 98.0 cm³/mol. The van der Waals surface area contributed by atoms with Gasteiger partial charge in [-0.2, -0.15) is 0 Å². The van der Waals surface area contributed by atoms with Gasteiger partial charge in [-0.15, -0.1) is 13.2 Å². The fourth-order valence-electron chi connectivity index (χ4n) is 4.89. The fraction of sp³-hybridized carbons (Fsp3) is 0.636. The molecule has 0 aromatic heterocycles. The van der Waals surface area contributed by atoms with Crippen molar-refractivity contribution in [1.29, 1.82) is 0 Å². The number of alkyl halides is 3. The topological polar surface area (TPSA) is 9.23 Å². The highest BCUT2D eigenvalue weighted by Gasteiger charge is 2.37. The molecule has 0 saturated heterocycles. The molecule has 28 heavy (non-hydrogen) atoms. The van der Waals surface area contributed by atoms with Gasteiger partial charge in [0.1, 0.15) is 0 Å². The molecule has 1 nitrogen and oxygen atoms in total. The predicted octanol–water partition coefficient (Wildman–Crippen LogP) is 7.52. The minimum atomic E-state index is -5.12. The minimum Gasteiger partial charge on any atom is -0.399 e. The van der Waals surface area contributed by atoms with Crippen LogP contribution in [0.15, 0.2) is 24.3 Å². The van der Waals surface area contributed by atoms with E-state index in [0.717, 1.165) is 57.1 Å². The van der Waals surface area contributed by atoms with Crippen LogP contribution in [0.3, 0.4) is 0 Å². The number of hydrogen-bond donors (Lipinski definition) is 0. The third kappa shape index (κ3) is 5.26. The van der Waals surface area contributed by atoms with Crippen molar-refractivity contribution in [2.75, 3.05) is 0 Å². The van der Waals surface area contributed by atoms with Gasteiger partial charge in [-0.3, -0.25) is 0 Å². The van der Waals surface area contributed by atoms with E-state index >= 15 is 0 Å². The second-order valence-corrected chi connectivity index (χ2v) is 8.18. The van der Waals surface area contributed by atoms with E-state index in [4.69, 9.17) is 0 Å². The van der Waals surface area contributed by atoms with E-state index in [1.54, 1.807) is 0 Å². The highest BCUT2D eigenvalue weighted by atomic mass is 19.4. The molecule has 2 fully saturated rings. The van der Waals surface area contributed by atoms with Crippen molar-refractivity contribution in [2.24, 2.45) is 17.8 Å². The Hall–Kier alpha value is -1.59. The Kier molecular flexibility index (Phi) is 6.66. The SMILES string of the molecule is CCCC=CC1CCC2CC(c3cc(F)c(OC(F)(F)F)c(F)c3)CCC2C1. The van der Waals surface area contributed by atoms with Crippen molar-refractivity contribution in [3.63, 3.8) is 0 Å². The number of allylic oxidation sites excluding steroid dienone is 2. The Morgan fingerprint density at radius 3 is 2.29 bits per heavy atom. The molecule has 0 amide bonds. The smallest absolute Gasteiger partial charge is 0.399 e. The molecule has 2 aliphatic rings. The zero-order valence-corrected chi connectivity index (χ0v) is 16.1. The molecule has 1 aromatic carbocycles. The van der Waals surface area contributed by atoms with Gasteiger partial charge >= 0.3 is 6.36 Å². The molecule has 0 radical (unpaired) electrons. The third-order valence-electron chi connectivity index (χ3n) is 6.23. The molecule has 4 unspecified atom stereocenters. The maximum atomic E-state index is 14.1. The van der Waals surface area contributed by atoms with Gasteiger partial charge in [-0.05, 0) is 86.3 Å². The lowest BCUT2D eigenvalue weighted by molar-refractivity contribution is -0.276. The summed E-state index contributed by atoms with van der Waals surface area (Å²) in [4.78, 5) is 0. The molecule has 1 aromatic rings. The summed E-state index contributed by atoms with van der Waals surface area (Å²) in [5.41, 5.74) is 0.438. The summed E-state index contributed by atoms with van der Waals surface area (Å²) in [5.74, 6) is -2.20. The Bertz CT molecular complexity index is 674. The second-order valence-electron chi connectivity index (χ2n) is 8.18. The zero-order valence-electron chi connectivity index (χ0n) is 16.1. The quantitative estimate of drug-likeness (QED) is 0.366. The lowest BCUT2D eigenvalue weighted by Crippen LogP contribution is -2.30. The van der Waals surface area contributed by atoms with Crippen molar-refractivity contribution in [2.45, 2.75) is 70.6 Å². The van der Waals surface area contributed by atoms with Crippen LogP contribution in [0.2, 0.25) is 0 Å². The Morgan fingerprint density at radius 2 is 1.64 bits per heavy atom. The molecular weight excluding hydrogens is 375 g/mol. The van der Waals surface area contributed by atoms with Crippen molar-refractivity contribution >= 4 is 0 Å². The first-order valence-corrected chi connectivity index (χ1v) is 10.2. The first-order chi connectivity index (χ1) is 13.3. The van der Waals surface area contributed by atoms with Crippen LogP contribution in [0.5, 0.6) is 5.75 Å². The highest BCUT2D eigenvalue weighted by Crippen LogP contribution is 2.48. The van der Waals surface area contributed by atoms with Crippen LogP contribution >= 0.6 is 0 Å². The molecule has 156 valence electrons. The summed E-state index contributed by atoms with van der Waals surface area (Å²) < 4.78 is 68.5. The van der Waals surface area contributed by atoms with Gasteiger partial charge in [-0.25, -0.2) is 8.78 Å². The molecule has 3 rings (SSSR count). The second kappa shape index (κ2) is 8.83. The summed E-state index contributed by atoms with van der Waals surface area (Å²) in [6.45, 7) is 2.16. The monoisotopic (exact) mass is 402 g/mol. The summed E-state index contributed by atoms with van der Waals surface area (Å²) in [6, 6.07) is 2.02. The molecule has 4 atom stereocenters. The highest BCUT2D eigenvalue weighted by molar-refractivity contribution is 5.33. The van der Waals surface area contributed by atoms with Crippen molar-refractivity contribution < 1.29 is 26.7 Å². The molecule has 0 bridgehead atoms. The average molecular weight is 402 g/mol. The Morgan fingerprint density at radius 1 is 1.00 bits per heavy atom. The molecule has 6 heteroatoms. The molecule has 2 saturated carbocycles. The van der Waals surface area contributed by atoms with Gasteiger partial charge in [0.15, 0.2) is 11.6 Å². The molecule has 0 spiro atoms. The van der Waals surface area contributed by atoms with Crippen LogP contribution in [0.1, 0.15) is 69.8 Å². The maximum Gasteiger partial charge on any atom is 0.573 e. The van der Waals surface area contributed by atoms with Crippen LogP contribution in [-0.4, -0.2) is 6.36 Å². The number of halogens is 5. The van der Waals surface area contributed by atoms with E-state index in [0.29, 0.717) is 23.3 Å². The van der Waals surface area contributed by atoms with Gasteiger partial charge in [-0.1, -0.05) is 25.5 Å².